The van der Waals surface area contributed by atoms with Crippen LogP contribution < -0.4 is 4.74 Å². The Hall–Kier alpha value is -3.42. The molecule has 1 aliphatic rings. The van der Waals surface area contributed by atoms with Gasteiger partial charge in [-0.05, 0) is 53.2 Å². The van der Waals surface area contributed by atoms with E-state index < -0.39 is 11.1 Å². The van der Waals surface area contributed by atoms with Crippen LogP contribution in [0.5, 0.6) is 5.75 Å². The molecular weight excluding hydrogens is 465 g/mol. The molecule has 0 aromatic heterocycles. The number of hydrogen-bond acceptors (Lipinski definition) is 5. The Morgan fingerprint density at radius 2 is 1.82 bits per heavy atom. The van der Waals surface area contributed by atoms with Crippen LogP contribution >= 0.6 is 23.4 Å². The molecule has 0 unspecified atom stereocenters. The number of carbonyl (C=O) groups is 3. The lowest BCUT2D eigenvalue weighted by atomic mass is 10.1. The fourth-order valence-electron chi connectivity index (χ4n) is 3.16. The molecule has 0 N–H and O–H groups in total. The van der Waals surface area contributed by atoms with E-state index in [4.69, 9.17) is 16.3 Å². The second-order valence-electron chi connectivity index (χ2n) is 7.17. The Morgan fingerprint density at radius 1 is 1.03 bits per heavy atom. The Labute approximate surface area is 198 Å². The maximum absolute atomic E-state index is 13.3. The van der Waals surface area contributed by atoms with E-state index in [1.807, 2.05) is 0 Å². The third kappa shape index (κ3) is 5.50. The Kier molecular flexibility index (Phi) is 6.91. The van der Waals surface area contributed by atoms with Crippen LogP contribution in [0.3, 0.4) is 0 Å². The van der Waals surface area contributed by atoms with Gasteiger partial charge in [0.15, 0.2) is 5.78 Å². The van der Waals surface area contributed by atoms with Crippen molar-refractivity contribution >= 4 is 46.4 Å². The van der Waals surface area contributed by atoms with Gasteiger partial charge in [0.2, 0.25) is 0 Å². The highest BCUT2D eigenvalue weighted by Gasteiger charge is 2.36. The number of thioether (sulfide) groups is 1. The lowest BCUT2D eigenvalue weighted by Gasteiger charge is -2.11. The maximum Gasteiger partial charge on any atom is 0.293 e. The number of amides is 2. The molecular formula is C25H17ClFNO4S. The average molecular weight is 482 g/mol. The second kappa shape index (κ2) is 10.0. The lowest BCUT2D eigenvalue weighted by Crippen LogP contribution is -2.33. The van der Waals surface area contributed by atoms with E-state index in [9.17, 15) is 18.8 Å². The molecule has 0 spiro atoms. The van der Waals surface area contributed by atoms with Gasteiger partial charge in [-0.15, -0.1) is 0 Å². The van der Waals surface area contributed by atoms with Gasteiger partial charge in [0.05, 0.1) is 16.5 Å². The minimum atomic E-state index is -0.531. The van der Waals surface area contributed by atoms with Crippen molar-refractivity contribution in [2.24, 2.45) is 0 Å². The summed E-state index contributed by atoms with van der Waals surface area (Å²) >= 11 is 7.07. The quantitative estimate of drug-likeness (QED) is 0.307. The first-order valence-corrected chi connectivity index (χ1v) is 11.1. The molecule has 1 heterocycles. The molecule has 0 radical (unpaired) electrons. The molecule has 33 heavy (non-hydrogen) atoms. The molecule has 5 nitrogen and oxygen atoms in total. The number of nitrogens with zero attached hydrogens (tertiary/aromatic N) is 1. The maximum atomic E-state index is 13.3. The van der Waals surface area contributed by atoms with Gasteiger partial charge in [-0.1, -0.05) is 60.1 Å². The molecule has 3 aromatic carbocycles. The monoisotopic (exact) mass is 481 g/mol. The summed E-state index contributed by atoms with van der Waals surface area (Å²) in [4.78, 5) is 38.5. The highest BCUT2D eigenvalue weighted by molar-refractivity contribution is 8.18. The third-order valence-electron chi connectivity index (χ3n) is 4.81. The van der Waals surface area contributed by atoms with Crippen LogP contribution in [0.1, 0.15) is 21.5 Å². The Bertz CT molecular complexity index is 1260. The van der Waals surface area contributed by atoms with E-state index in [0.29, 0.717) is 27.5 Å². The van der Waals surface area contributed by atoms with Crippen LogP contribution in [0.4, 0.5) is 9.18 Å². The molecule has 1 saturated heterocycles. The first-order valence-electron chi connectivity index (χ1n) is 9.91. The predicted molar refractivity (Wildman–Crippen MR) is 126 cm³/mol. The predicted octanol–water partition coefficient (Wildman–Crippen LogP) is 5.98. The highest BCUT2D eigenvalue weighted by Crippen LogP contribution is 2.34. The molecule has 0 atom stereocenters. The molecule has 2 amide bonds. The average Bonchev–Trinajstić information content (AvgIpc) is 3.06. The van der Waals surface area contributed by atoms with Gasteiger partial charge in [0, 0.05) is 5.56 Å². The van der Waals surface area contributed by atoms with Crippen LogP contribution in [0.15, 0.2) is 77.7 Å². The molecule has 1 aliphatic heterocycles. The minimum absolute atomic E-state index is 0.144. The molecule has 166 valence electrons. The molecule has 8 heteroatoms. The topological polar surface area (TPSA) is 63.7 Å². The van der Waals surface area contributed by atoms with Crippen molar-refractivity contribution in [1.29, 1.82) is 0 Å². The van der Waals surface area contributed by atoms with Gasteiger partial charge < -0.3 is 4.74 Å². The number of carbonyl (C=O) groups excluding carboxylic acids is 3. The zero-order valence-electron chi connectivity index (χ0n) is 17.2. The summed E-state index contributed by atoms with van der Waals surface area (Å²) in [5.74, 6) is -0.796. The second-order valence-corrected chi connectivity index (χ2v) is 8.57. The first-order chi connectivity index (χ1) is 15.9. The van der Waals surface area contributed by atoms with E-state index >= 15 is 0 Å². The summed E-state index contributed by atoms with van der Waals surface area (Å²) in [6.45, 7) is -0.176. The number of imide groups is 1. The minimum Gasteiger partial charge on any atom is -0.487 e. The van der Waals surface area contributed by atoms with Crippen molar-refractivity contribution in [3.63, 3.8) is 0 Å². The fourth-order valence-corrected chi connectivity index (χ4v) is 4.24. The third-order valence-corrected chi connectivity index (χ3v) is 6.01. The van der Waals surface area contributed by atoms with Crippen molar-refractivity contribution in [1.82, 2.24) is 4.90 Å². The zero-order chi connectivity index (χ0) is 23.4. The van der Waals surface area contributed by atoms with Crippen molar-refractivity contribution < 1.29 is 23.5 Å². The van der Waals surface area contributed by atoms with Crippen molar-refractivity contribution in [3.8, 4) is 5.75 Å². The highest BCUT2D eigenvalue weighted by atomic mass is 35.5. The summed E-state index contributed by atoms with van der Waals surface area (Å²) in [5, 5.41) is -0.199. The van der Waals surface area contributed by atoms with Gasteiger partial charge in [-0.2, -0.15) is 0 Å². The van der Waals surface area contributed by atoms with Gasteiger partial charge >= 0.3 is 0 Å². The Balaban J connectivity index is 1.44. The smallest absolute Gasteiger partial charge is 0.293 e. The molecule has 1 fully saturated rings. The van der Waals surface area contributed by atoms with Crippen LogP contribution in [-0.4, -0.2) is 28.4 Å². The molecule has 4 rings (SSSR count). The van der Waals surface area contributed by atoms with E-state index in [1.165, 1.54) is 12.1 Å². The summed E-state index contributed by atoms with van der Waals surface area (Å²) < 4.78 is 19.0. The van der Waals surface area contributed by atoms with Crippen molar-refractivity contribution in [2.45, 2.75) is 6.61 Å². The normalized spacial score (nSPS) is 14.7. The standard InChI is InChI=1S/C25H17ClFNO4S/c26-20-12-16(9-10-22(20)32-15-17-5-4-8-19(27)11-17)13-23-24(30)28(25(31)33-23)14-21(29)18-6-2-1-3-7-18/h1-13H,14-15H2. The summed E-state index contributed by atoms with van der Waals surface area (Å²) in [6.07, 6.45) is 1.54. The first kappa shape index (κ1) is 22.8. The SMILES string of the molecule is O=C(CN1C(=O)SC(=Cc2ccc(OCc3cccc(F)c3)c(Cl)c2)C1=O)c1ccccc1. The molecule has 0 aliphatic carbocycles. The van der Waals surface area contributed by atoms with Crippen LogP contribution in [-0.2, 0) is 11.4 Å². The number of ether oxygens (including phenoxy) is 1. The number of benzene rings is 3. The summed E-state index contributed by atoms with van der Waals surface area (Å²) in [5.41, 5.74) is 1.69. The summed E-state index contributed by atoms with van der Waals surface area (Å²) in [6, 6.07) is 19.5. The lowest BCUT2D eigenvalue weighted by molar-refractivity contribution is -0.122. The largest absolute Gasteiger partial charge is 0.487 e. The van der Waals surface area contributed by atoms with Crippen LogP contribution in [0.2, 0.25) is 5.02 Å². The van der Waals surface area contributed by atoms with Gasteiger partial charge in [-0.3, -0.25) is 19.3 Å². The number of halogens is 2. The van der Waals surface area contributed by atoms with Crippen LogP contribution in [0, 0.1) is 5.82 Å². The fraction of sp³-hybridized carbons (Fsp3) is 0.0800. The Morgan fingerprint density at radius 3 is 2.55 bits per heavy atom. The molecule has 0 bridgehead atoms. The van der Waals surface area contributed by atoms with E-state index in [0.717, 1.165) is 16.7 Å². The van der Waals surface area contributed by atoms with Gasteiger partial charge in [0.25, 0.3) is 11.1 Å². The van der Waals surface area contributed by atoms with E-state index in [2.05, 4.69) is 0 Å². The van der Waals surface area contributed by atoms with Gasteiger partial charge in [0.1, 0.15) is 18.2 Å². The number of Topliss-reactive ketones (excluding diaryl/α,β-unsaturated/α-hetero) is 1. The number of hydrogen-bond donors (Lipinski definition) is 0. The molecule has 0 saturated carbocycles. The zero-order valence-corrected chi connectivity index (χ0v) is 18.7. The van der Waals surface area contributed by atoms with Crippen molar-refractivity contribution in [3.05, 3.63) is 105 Å². The number of rotatable bonds is 7. The van der Waals surface area contributed by atoms with E-state index in [1.54, 1.807) is 66.7 Å². The number of ketones is 1. The molecule has 3 aromatic rings. The van der Waals surface area contributed by atoms with Gasteiger partial charge in [-0.25, -0.2) is 4.39 Å². The van der Waals surface area contributed by atoms with Crippen molar-refractivity contribution in [2.75, 3.05) is 6.54 Å². The summed E-state index contributed by atoms with van der Waals surface area (Å²) in [7, 11) is 0. The van der Waals surface area contributed by atoms with E-state index in [-0.39, 0.29) is 29.7 Å². The van der Waals surface area contributed by atoms with Crippen LogP contribution in [0.25, 0.3) is 6.08 Å².